The molecule has 1 aromatic carbocycles. The highest BCUT2D eigenvalue weighted by Crippen LogP contribution is 2.25. The molecular weight excluding hydrogens is 350 g/mol. The van der Waals surface area contributed by atoms with E-state index in [-0.39, 0.29) is 23.5 Å². The first-order valence-electron chi connectivity index (χ1n) is 5.92. The molecule has 1 aromatic rings. The molecule has 0 aromatic heterocycles. The van der Waals surface area contributed by atoms with Gasteiger partial charge < -0.3 is 9.47 Å². The van der Waals surface area contributed by atoms with Crippen molar-refractivity contribution in [1.29, 1.82) is 0 Å². The lowest BCUT2D eigenvalue weighted by molar-refractivity contribution is 0.0595. The zero-order chi connectivity index (χ0) is 14.8. The van der Waals surface area contributed by atoms with Crippen LogP contribution in [-0.4, -0.2) is 52.1 Å². The summed E-state index contributed by atoms with van der Waals surface area (Å²) in [5.41, 5.74) is 0.0216. The highest BCUT2D eigenvalue weighted by molar-refractivity contribution is 9.10. The molecular formula is C12H14BrNO5S. The molecule has 0 radical (unpaired) electrons. The zero-order valence-electron chi connectivity index (χ0n) is 10.8. The summed E-state index contributed by atoms with van der Waals surface area (Å²) in [7, 11) is -2.52. The first-order valence-corrected chi connectivity index (χ1v) is 8.16. The summed E-state index contributed by atoms with van der Waals surface area (Å²) < 4.78 is 36.9. The van der Waals surface area contributed by atoms with E-state index < -0.39 is 16.0 Å². The summed E-state index contributed by atoms with van der Waals surface area (Å²) in [4.78, 5) is 11.7. The summed E-state index contributed by atoms with van der Waals surface area (Å²) in [5.74, 6) is -0.682. The Morgan fingerprint density at radius 2 is 2.00 bits per heavy atom. The largest absolute Gasteiger partial charge is 0.465 e. The van der Waals surface area contributed by atoms with Gasteiger partial charge in [0.1, 0.15) is 0 Å². The number of carbonyl (C=O) groups is 1. The Labute approximate surface area is 125 Å². The van der Waals surface area contributed by atoms with Crippen molar-refractivity contribution >= 4 is 31.9 Å². The monoisotopic (exact) mass is 363 g/mol. The third kappa shape index (κ3) is 3.03. The van der Waals surface area contributed by atoms with E-state index in [1.54, 1.807) is 6.07 Å². The number of hydrogen-bond acceptors (Lipinski definition) is 5. The minimum absolute atomic E-state index is 0.0216. The molecule has 1 fully saturated rings. The summed E-state index contributed by atoms with van der Waals surface area (Å²) in [6.45, 7) is 1.25. The fraction of sp³-hybridized carbons (Fsp3) is 0.417. The molecule has 6 nitrogen and oxygen atoms in total. The smallest absolute Gasteiger partial charge is 0.339 e. The topological polar surface area (TPSA) is 72.9 Å². The lowest BCUT2D eigenvalue weighted by Gasteiger charge is -2.26. The van der Waals surface area contributed by atoms with Crippen LogP contribution in [0.25, 0.3) is 0 Å². The van der Waals surface area contributed by atoms with Crippen LogP contribution in [0.1, 0.15) is 10.4 Å². The molecule has 1 heterocycles. The van der Waals surface area contributed by atoms with Gasteiger partial charge in [0.05, 0.1) is 30.8 Å². The molecule has 0 spiro atoms. The minimum Gasteiger partial charge on any atom is -0.465 e. The van der Waals surface area contributed by atoms with Crippen molar-refractivity contribution in [2.45, 2.75) is 4.90 Å². The number of hydrogen-bond donors (Lipinski definition) is 0. The van der Waals surface area contributed by atoms with Crippen LogP contribution in [0.4, 0.5) is 0 Å². The van der Waals surface area contributed by atoms with Crippen molar-refractivity contribution in [3.8, 4) is 0 Å². The second-order valence-corrected chi connectivity index (χ2v) is 6.97. The summed E-state index contributed by atoms with van der Waals surface area (Å²) in [6, 6.07) is 4.43. The molecule has 1 saturated heterocycles. The molecule has 1 aliphatic rings. The Morgan fingerprint density at radius 1 is 1.35 bits per heavy atom. The van der Waals surface area contributed by atoms with Crippen LogP contribution in [0.15, 0.2) is 27.6 Å². The molecule has 0 amide bonds. The Bertz CT molecular complexity index is 610. The molecule has 2 rings (SSSR count). The number of nitrogens with zero attached hydrogens (tertiary/aromatic N) is 1. The molecule has 0 N–H and O–H groups in total. The number of halogens is 1. The van der Waals surface area contributed by atoms with Crippen molar-refractivity contribution in [2.24, 2.45) is 0 Å². The molecule has 110 valence electrons. The molecule has 0 aliphatic carbocycles. The maximum Gasteiger partial charge on any atom is 0.339 e. The van der Waals surface area contributed by atoms with E-state index in [0.29, 0.717) is 17.7 Å². The van der Waals surface area contributed by atoms with Gasteiger partial charge in [0.2, 0.25) is 10.0 Å². The van der Waals surface area contributed by atoms with Crippen LogP contribution in [0, 0.1) is 0 Å². The van der Waals surface area contributed by atoms with Crippen LogP contribution in [0.2, 0.25) is 0 Å². The van der Waals surface area contributed by atoms with Gasteiger partial charge in [-0.15, -0.1) is 0 Å². The van der Waals surface area contributed by atoms with E-state index in [2.05, 4.69) is 20.7 Å². The van der Waals surface area contributed by atoms with Gasteiger partial charge >= 0.3 is 5.97 Å². The van der Waals surface area contributed by atoms with Crippen molar-refractivity contribution in [3.63, 3.8) is 0 Å². The predicted octanol–water partition coefficient (Wildman–Crippen LogP) is 1.26. The number of methoxy groups -OCH3 is 1. The average Bonchev–Trinajstić information content (AvgIpc) is 2.47. The number of morpholine rings is 1. The number of sulfonamides is 1. The number of carbonyl (C=O) groups excluding carboxylic acids is 1. The highest BCUT2D eigenvalue weighted by Gasteiger charge is 2.30. The molecule has 0 atom stereocenters. The van der Waals surface area contributed by atoms with Crippen LogP contribution in [0.5, 0.6) is 0 Å². The van der Waals surface area contributed by atoms with Crippen LogP contribution in [-0.2, 0) is 19.5 Å². The fourth-order valence-electron chi connectivity index (χ4n) is 1.92. The van der Waals surface area contributed by atoms with E-state index >= 15 is 0 Å². The first kappa shape index (κ1) is 15.4. The van der Waals surface area contributed by atoms with Gasteiger partial charge in [-0.1, -0.05) is 15.9 Å². The second-order valence-electron chi connectivity index (χ2n) is 4.15. The van der Waals surface area contributed by atoms with E-state index in [4.69, 9.17) is 4.74 Å². The molecule has 0 saturated carbocycles. The number of benzene rings is 1. The van der Waals surface area contributed by atoms with Gasteiger partial charge in [-0.25, -0.2) is 13.2 Å². The fourth-order valence-corrected chi connectivity index (χ4v) is 3.85. The maximum absolute atomic E-state index is 12.6. The normalized spacial score (nSPS) is 16.9. The quantitative estimate of drug-likeness (QED) is 0.755. The standard InChI is InChI=1S/C12H14BrNO5S/c1-18-12(15)10-8-9(13)2-3-11(10)20(16,17)14-4-6-19-7-5-14/h2-3,8H,4-7H2,1H3. The Kier molecular flexibility index (Phi) is 4.79. The molecule has 8 heteroatoms. The van der Waals surface area contributed by atoms with E-state index in [9.17, 15) is 13.2 Å². The Morgan fingerprint density at radius 3 is 2.60 bits per heavy atom. The number of esters is 1. The van der Waals surface area contributed by atoms with E-state index in [1.165, 1.54) is 23.5 Å². The van der Waals surface area contributed by atoms with E-state index in [0.717, 1.165) is 0 Å². The number of rotatable bonds is 3. The lowest BCUT2D eigenvalue weighted by atomic mass is 10.2. The van der Waals surface area contributed by atoms with Gasteiger partial charge in [-0.3, -0.25) is 0 Å². The lowest BCUT2D eigenvalue weighted by Crippen LogP contribution is -2.41. The minimum atomic E-state index is -3.73. The highest BCUT2D eigenvalue weighted by atomic mass is 79.9. The number of ether oxygens (including phenoxy) is 2. The average molecular weight is 364 g/mol. The molecule has 0 unspecified atom stereocenters. The Hall–Kier alpha value is -0.960. The van der Waals surface area contributed by atoms with Gasteiger partial charge in [-0.2, -0.15) is 4.31 Å². The van der Waals surface area contributed by atoms with Crippen molar-refractivity contribution in [3.05, 3.63) is 28.2 Å². The van der Waals surface area contributed by atoms with Crippen LogP contribution < -0.4 is 0 Å². The van der Waals surface area contributed by atoms with Gasteiger partial charge in [-0.05, 0) is 18.2 Å². The zero-order valence-corrected chi connectivity index (χ0v) is 13.2. The third-order valence-electron chi connectivity index (χ3n) is 2.93. The van der Waals surface area contributed by atoms with Crippen molar-refractivity contribution < 1.29 is 22.7 Å². The first-order chi connectivity index (χ1) is 9.46. The third-order valence-corrected chi connectivity index (χ3v) is 5.38. The maximum atomic E-state index is 12.6. The van der Waals surface area contributed by atoms with E-state index in [1.807, 2.05) is 0 Å². The van der Waals surface area contributed by atoms with Crippen LogP contribution >= 0.6 is 15.9 Å². The van der Waals surface area contributed by atoms with Crippen molar-refractivity contribution in [2.75, 3.05) is 33.4 Å². The summed E-state index contributed by atoms with van der Waals surface area (Å²) >= 11 is 3.22. The SMILES string of the molecule is COC(=O)c1cc(Br)ccc1S(=O)(=O)N1CCOCC1. The van der Waals surface area contributed by atoms with Gasteiger partial charge in [0, 0.05) is 17.6 Å². The Balaban J connectivity index is 2.48. The molecule has 1 aliphatic heterocycles. The predicted molar refractivity (Wildman–Crippen MR) is 75.1 cm³/mol. The molecule has 20 heavy (non-hydrogen) atoms. The molecule has 0 bridgehead atoms. The van der Waals surface area contributed by atoms with Gasteiger partial charge in [0.25, 0.3) is 0 Å². The summed E-state index contributed by atoms with van der Waals surface area (Å²) in [6.07, 6.45) is 0. The summed E-state index contributed by atoms with van der Waals surface area (Å²) in [5, 5.41) is 0. The second kappa shape index (κ2) is 6.21. The van der Waals surface area contributed by atoms with Gasteiger partial charge in [0.15, 0.2) is 0 Å². The van der Waals surface area contributed by atoms with Crippen LogP contribution in [0.3, 0.4) is 0 Å². The van der Waals surface area contributed by atoms with Crippen molar-refractivity contribution in [1.82, 2.24) is 4.31 Å².